The Bertz CT molecular complexity index is 166. The highest BCUT2D eigenvalue weighted by Gasteiger charge is 2.28. The Morgan fingerprint density at radius 1 is 1.62 bits per heavy atom. The van der Waals surface area contributed by atoms with Gasteiger partial charge >= 0.3 is 0 Å². The average molecular weight is 184 g/mol. The summed E-state index contributed by atoms with van der Waals surface area (Å²) in [4.78, 5) is 11.5. The molecule has 1 atom stereocenters. The molecule has 1 rings (SSSR count). The Labute approximate surface area is 80.1 Å². The first kappa shape index (κ1) is 10.5. The van der Waals surface area contributed by atoms with Crippen molar-refractivity contribution in [3.63, 3.8) is 0 Å². The molecule has 13 heavy (non-hydrogen) atoms. The normalized spacial score (nSPS) is 18.3. The molecule has 0 bridgehead atoms. The Kier molecular flexibility index (Phi) is 4.22. The second-order valence-corrected chi connectivity index (χ2v) is 3.90. The largest absolute Gasteiger partial charge is 0.356 e. The first-order valence-electron chi connectivity index (χ1n) is 5.25. The molecule has 0 spiro atoms. The Morgan fingerprint density at radius 2 is 2.31 bits per heavy atom. The molecule has 1 aliphatic carbocycles. The molecule has 0 saturated heterocycles. The molecule has 1 saturated carbocycles. The van der Waals surface area contributed by atoms with Gasteiger partial charge in [0.25, 0.3) is 0 Å². The summed E-state index contributed by atoms with van der Waals surface area (Å²) in [5.41, 5.74) is 5.56. The summed E-state index contributed by atoms with van der Waals surface area (Å²) in [6.07, 6.45) is 4.56. The highest BCUT2D eigenvalue weighted by molar-refractivity contribution is 5.78. The van der Waals surface area contributed by atoms with Crippen molar-refractivity contribution in [1.82, 2.24) is 5.32 Å². The van der Waals surface area contributed by atoms with Crippen molar-refractivity contribution in [2.45, 2.75) is 32.6 Å². The maximum Gasteiger partial charge on any atom is 0.224 e. The number of carbonyl (C=O) groups is 1. The van der Waals surface area contributed by atoms with E-state index in [1.165, 1.54) is 12.8 Å². The number of nitrogens with one attached hydrogen (secondary N) is 1. The van der Waals surface area contributed by atoms with Gasteiger partial charge in [-0.1, -0.05) is 19.8 Å². The van der Waals surface area contributed by atoms with Crippen LogP contribution in [0.1, 0.15) is 32.6 Å². The predicted octanol–water partition coefficient (Wildman–Crippen LogP) is 0.888. The summed E-state index contributed by atoms with van der Waals surface area (Å²) in [7, 11) is 0. The third-order valence-corrected chi connectivity index (χ3v) is 2.52. The van der Waals surface area contributed by atoms with Crippen LogP contribution < -0.4 is 11.1 Å². The van der Waals surface area contributed by atoms with Crippen LogP contribution in [0.25, 0.3) is 0 Å². The second-order valence-electron chi connectivity index (χ2n) is 3.90. The quantitative estimate of drug-likeness (QED) is 0.644. The zero-order valence-corrected chi connectivity index (χ0v) is 8.38. The van der Waals surface area contributed by atoms with E-state index in [4.69, 9.17) is 5.73 Å². The van der Waals surface area contributed by atoms with Crippen LogP contribution in [0.15, 0.2) is 0 Å². The summed E-state index contributed by atoms with van der Waals surface area (Å²) in [6.45, 7) is 3.32. The maximum atomic E-state index is 11.5. The van der Waals surface area contributed by atoms with Crippen molar-refractivity contribution in [2.75, 3.05) is 13.1 Å². The van der Waals surface area contributed by atoms with Gasteiger partial charge in [-0.15, -0.1) is 0 Å². The first-order chi connectivity index (χ1) is 6.27. The molecular weight excluding hydrogens is 164 g/mol. The monoisotopic (exact) mass is 184 g/mol. The van der Waals surface area contributed by atoms with Gasteiger partial charge in [0, 0.05) is 13.1 Å². The molecule has 0 aromatic rings. The molecule has 0 radical (unpaired) electrons. The third kappa shape index (κ3) is 3.77. The summed E-state index contributed by atoms with van der Waals surface area (Å²) < 4.78 is 0. The minimum atomic E-state index is 0.0547. The highest BCUT2D eigenvalue weighted by Crippen LogP contribution is 2.35. The lowest BCUT2D eigenvalue weighted by atomic mass is 10.0. The fourth-order valence-electron chi connectivity index (χ4n) is 1.46. The average Bonchev–Trinajstić information content (AvgIpc) is 2.93. The molecule has 1 amide bonds. The van der Waals surface area contributed by atoms with Gasteiger partial charge in [-0.2, -0.15) is 0 Å². The lowest BCUT2D eigenvalue weighted by molar-refractivity contribution is -0.125. The van der Waals surface area contributed by atoms with E-state index in [1.807, 2.05) is 0 Å². The van der Waals surface area contributed by atoms with Gasteiger partial charge in [-0.3, -0.25) is 4.79 Å². The summed E-state index contributed by atoms with van der Waals surface area (Å²) in [6, 6.07) is 0. The standard InChI is InChI=1S/C10H20N2O/c1-2-5-12-10(13)9(7-11)6-8-3-4-8/h8-9H,2-7,11H2,1H3,(H,12,13). The summed E-state index contributed by atoms with van der Waals surface area (Å²) in [5, 5.41) is 2.90. The third-order valence-electron chi connectivity index (χ3n) is 2.52. The topological polar surface area (TPSA) is 55.1 Å². The van der Waals surface area contributed by atoms with Gasteiger partial charge in [-0.05, 0) is 18.8 Å². The predicted molar refractivity (Wildman–Crippen MR) is 53.2 cm³/mol. The van der Waals surface area contributed by atoms with Gasteiger partial charge in [0.15, 0.2) is 0 Å². The number of hydrogen-bond acceptors (Lipinski definition) is 2. The highest BCUT2D eigenvalue weighted by atomic mass is 16.1. The lowest BCUT2D eigenvalue weighted by Gasteiger charge is -2.13. The van der Waals surface area contributed by atoms with Crippen molar-refractivity contribution < 1.29 is 4.79 Å². The van der Waals surface area contributed by atoms with Gasteiger partial charge in [-0.25, -0.2) is 0 Å². The maximum absolute atomic E-state index is 11.5. The van der Waals surface area contributed by atoms with Gasteiger partial charge in [0.05, 0.1) is 5.92 Å². The number of carbonyl (C=O) groups excluding carboxylic acids is 1. The van der Waals surface area contributed by atoms with Crippen LogP contribution in [0.2, 0.25) is 0 Å². The molecular formula is C10H20N2O. The van der Waals surface area contributed by atoms with Crippen LogP contribution in [-0.2, 0) is 4.79 Å². The number of amides is 1. The van der Waals surface area contributed by atoms with Crippen molar-refractivity contribution in [3.05, 3.63) is 0 Å². The molecule has 76 valence electrons. The van der Waals surface area contributed by atoms with E-state index >= 15 is 0 Å². The van der Waals surface area contributed by atoms with Crippen molar-refractivity contribution in [3.8, 4) is 0 Å². The SMILES string of the molecule is CCCNC(=O)C(CN)CC1CC1. The molecule has 3 nitrogen and oxygen atoms in total. The van der Waals surface area contributed by atoms with Gasteiger partial charge in [0.1, 0.15) is 0 Å². The lowest BCUT2D eigenvalue weighted by Crippen LogP contribution is -2.35. The number of nitrogens with two attached hydrogens (primary N) is 1. The Morgan fingerprint density at radius 3 is 2.77 bits per heavy atom. The van der Waals surface area contributed by atoms with Gasteiger partial charge in [0.2, 0.25) is 5.91 Å². The molecule has 0 heterocycles. The molecule has 3 N–H and O–H groups in total. The zero-order chi connectivity index (χ0) is 9.68. The van der Waals surface area contributed by atoms with Crippen LogP contribution in [0.5, 0.6) is 0 Å². The zero-order valence-electron chi connectivity index (χ0n) is 8.38. The summed E-state index contributed by atoms with van der Waals surface area (Å²) in [5.74, 6) is 0.983. The van der Waals surface area contributed by atoms with Crippen LogP contribution in [0.4, 0.5) is 0 Å². The van der Waals surface area contributed by atoms with Crippen molar-refractivity contribution in [1.29, 1.82) is 0 Å². The fraction of sp³-hybridized carbons (Fsp3) is 0.900. The van der Waals surface area contributed by atoms with Crippen LogP contribution in [-0.4, -0.2) is 19.0 Å². The van der Waals surface area contributed by atoms with Crippen molar-refractivity contribution in [2.24, 2.45) is 17.6 Å². The Balaban J connectivity index is 2.21. The van der Waals surface area contributed by atoms with Crippen LogP contribution in [0, 0.1) is 11.8 Å². The van der Waals surface area contributed by atoms with Crippen LogP contribution in [0.3, 0.4) is 0 Å². The smallest absolute Gasteiger partial charge is 0.224 e. The van der Waals surface area contributed by atoms with Gasteiger partial charge < -0.3 is 11.1 Å². The molecule has 0 aromatic carbocycles. The molecule has 1 fully saturated rings. The van der Waals surface area contributed by atoms with E-state index in [1.54, 1.807) is 0 Å². The molecule has 1 aliphatic rings. The van der Waals surface area contributed by atoms with Crippen molar-refractivity contribution >= 4 is 5.91 Å². The van der Waals surface area contributed by atoms with E-state index in [0.29, 0.717) is 6.54 Å². The van der Waals surface area contributed by atoms with E-state index in [-0.39, 0.29) is 11.8 Å². The molecule has 1 unspecified atom stereocenters. The summed E-state index contributed by atoms with van der Waals surface area (Å²) >= 11 is 0. The van der Waals surface area contributed by atoms with E-state index in [9.17, 15) is 4.79 Å². The van der Waals surface area contributed by atoms with E-state index in [2.05, 4.69) is 12.2 Å². The first-order valence-corrected chi connectivity index (χ1v) is 5.25. The minimum absolute atomic E-state index is 0.0547. The van der Waals surface area contributed by atoms with E-state index < -0.39 is 0 Å². The second kappa shape index (κ2) is 5.22. The molecule has 3 heteroatoms. The minimum Gasteiger partial charge on any atom is -0.356 e. The fourth-order valence-corrected chi connectivity index (χ4v) is 1.46. The Hall–Kier alpha value is -0.570. The number of rotatable bonds is 6. The molecule has 0 aromatic heterocycles. The van der Waals surface area contributed by atoms with Crippen LogP contribution >= 0.6 is 0 Å². The number of hydrogen-bond donors (Lipinski definition) is 2. The molecule has 0 aliphatic heterocycles. The van der Waals surface area contributed by atoms with E-state index in [0.717, 1.165) is 25.3 Å².